The Hall–Kier alpha value is -2.87. The highest BCUT2D eigenvalue weighted by Gasteiger charge is 2.08. The molecule has 0 aliphatic rings. The Morgan fingerprint density at radius 1 is 1.04 bits per heavy atom. The number of nitriles is 1. The molecule has 27 heavy (non-hydrogen) atoms. The van der Waals surface area contributed by atoms with Gasteiger partial charge in [0, 0.05) is 12.6 Å². The van der Waals surface area contributed by atoms with Crippen molar-refractivity contribution >= 4 is 11.6 Å². The fraction of sp³-hybridized carbons (Fsp3) is 0.364. The Bertz CT molecular complexity index is 738. The van der Waals surface area contributed by atoms with E-state index in [0.29, 0.717) is 11.4 Å². The monoisotopic (exact) mass is 374 g/mol. The number of hydrogen-bond acceptors (Lipinski definition) is 3. The molecule has 1 amide bonds. The highest BCUT2D eigenvalue weighted by Crippen LogP contribution is 2.28. The Kier molecular flexibility index (Phi) is 15.0. The lowest BCUT2D eigenvalue weighted by Crippen LogP contribution is -2.06. The van der Waals surface area contributed by atoms with Gasteiger partial charge >= 0.3 is 0 Å². The lowest BCUT2D eigenvalue weighted by atomic mass is 10.2. The molecule has 0 bridgehead atoms. The molecule has 0 saturated carbocycles. The van der Waals surface area contributed by atoms with E-state index in [1.54, 1.807) is 18.2 Å². The number of ether oxygens (including phenoxy) is 1. The van der Waals surface area contributed by atoms with Crippen LogP contribution in [-0.4, -0.2) is 5.91 Å². The Balaban J connectivity index is 0. The number of anilines is 1. The lowest BCUT2D eigenvalue weighted by Gasteiger charge is -2.11. The lowest BCUT2D eigenvalue weighted by molar-refractivity contribution is -0.114. The second kappa shape index (κ2) is 15.4. The molecule has 2 aromatic carbocycles. The summed E-state index contributed by atoms with van der Waals surface area (Å²) in [6.45, 7) is 15.3. The van der Waals surface area contributed by atoms with Crippen molar-refractivity contribution < 1.29 is 13.9 Å². The predicted octanol–water partition coefficient (Wildman–Crippen LogP) is 6.84. The van der Waals surface area contributed by atoms with Crippen LogP contribution in [0.15, 0.2) is 36.4 Å². The molecule has 2 aromatic rings. The third-order valence-electron chi connectivity index (χ3n) is 2.80. The highest BCUT2D eigenvalue weighted by atomic mass is 19.1. The molecule has 0 unspecified atom stereocenters. The third kappa shape index (κ3) is 9.41. The van der Waals surface area contributed by atoms with E-state index in [9.17, 15) is 9.18 Å². The zero-order valence-electron chi connectivity index (χ0n) is 17.6. The number of nitrogens with zero attached hydrogens (tertiary/aromatic N) is 1. The molecule has 0 heterocycles. The second-order valence-corrected chi connectivity index (χ2v) is 4.51. The van der Waals surface area contributed by atoms with E-state index in [4.69, 9.17) is 10.00 Å². The molecule has 0 atom stereocenters. The number of carbonyl (C=O) groups is 1. The van der Waals surface area contributed by atoms with Crippen molar-refractivity contribution in [2.45, 2.75) is 55.4 Å². The first-order valence-electron chi connectivity index (χ1n) is 9.25. The van der Waals surface area contributed by atoms with Crippen molar-refractivity contribution in [3.8, 4) is 17.6 Å². The molecule has 0 fully saturated rings. The molecule has 0 spiro atoms. The van der Waals surface area contributed by atoms with Gasteiger partial charge in [0.15, 0.2) is 0 Å². The summed E-state index contributed by atoms with van der Waals surface area (Å²) in [6, 6.07) is 10.8. The maximum Gasteiger partial charge on any atom is 0.221 e. The molecule has 4 nitrogen and oxygen atoms in total. The van der Waals surface area contributed by atoms with Gasteiger partial charge in [-0.1, -0.05) is 41.5 Å². The standard InChI is InChI=1S/C16H13FN2O2.3C2H6/c1-10-7-14(4-5-15(10)19-11(2)20)21-16-6-3-13(17)8-12(16)9-18;3*1-2/h3-8H,1-2H3,(H,19,20);3*1-2H3. The van der Waals surface area contributed by atoms with E-state index in [1.165, 1.54) is 19.1 Å². The van der Waals surface area contributed by atoms with Gasteiger partial charge in [0.25, 0.3) is 0 Å². The minimum absolute atomic E-state index is 0.124. The number of hydrogen-bond donors (Lipinski definition) is 1. The van der Waals surface area contributed by atoms with Crippen molar-refractivity contribution in [1.82, 2.24) is 0 Å². The maximum absolute atomic E-state index is 13.1. The fourth-order valence-electron chi connectivity index (χ4n) is 1.84. The van der Waals surface area contributed by atoms with Crippen LogP contribution in [0, 0.1) is 24.1 Å². The van der Waals surface area contributed by atoms with Crippen molar-refractivity contribution in [3.63, 3.8) is 0 Å². The number of halogens is 1. The zero-order chi connectivity index (χ0) is 21.4. The summed E-state index contributed by atoms with van der Waals surface area (Å²) in [4.78, 5) is 11.0. The first-order chi connectivity index (χ1) is 13.0. The smallest absolute Gasteiger partial charge is 0.221 e. The topological polar surface area (TPSA) is 62.1 Å². The molecule has 0 aromatic heterocycles. The van der Waals surface area contributed by atoms with Gasteiger partial charge in [0.05, 0.1) is 5.56 Å². The van der Waals surface area contributed by atoms with Crippen LogP contribution >= 0.6 is 0 Å². The average molecular weight is 375 g/mol. The second-order valence-electron chi connectivity index (χ2n) is 4.51. The molecular weight excluding hydrogens is 343 g/mol. The van der Waals surface area contributed by atoms with Gasteiger partial charge < -0.3 is 10.1 Å². The van der Waals surface area contributed by atoms with E-state index in [0.717, 1.165) is 11.6 Å². The number of aryl methyl sites for hydroxylation is 1. The van der Waals surface area contributed by atoms with Gasteiger partial charge in [0.1, 0.15) is 23.4 Å². The van der Waals surface area contributed by atoms with Crippen molar-refractivity contribution in [3.05, 3.63) is 53.3 Å². The molecule has 0 aliphatic carbocycles. The van der Waals surface area contributed by atoms with Crippen LogP contribution in [0.4, 0.5) is 10.1 Å². The van der Waals surface area contributed by atoms with Crippen molar-refractivity contribution in [1.29, 1.82) is 5.26 Å². The first-order valence-corrected chi connectivity index (χ1v) is 9.25. The molecule has 0 aliphatic heterocycles. The van der Waals surface area contributed by atoms with Gasteiger partial charge in [-0.2, -0.15) is 5.26 Å². The van der Waals surface area contributed by atoms with Crippen LogP contribution < -0.4 is 10.1 Å². The summed E-state index contributed by atoms with van der Waals surface area (Å²) in [6.07, 6.45) is 0. The summed E-state index contributed by atoms with van der Waals surface area (Å²) in [5, 5.41) is 11.7. The SMILES string of the molecule is CC.CC.CC.CC(=O)Nc1ccc(Oc2ccc(F)cc2C#N)cc1C. The third-order valence-corrected chi connectivity index (χ3v) is 2.80. The van der Waals surface area contributed by atoms with Crippen LogP contribution in [-0.2, 0) is 4.79 Å². The predicted molar refractivity (Wildman–Crippen MR) is 111 cm³/mol. The van der Waals surface area contributed by atoms with Crippen LogP contribution in [0.3, 0.4) is 0 Å². The number of nitrogens with one attached hydrogen (secondary N) is 1. The average Bonchev–Trinajstić information content (AvgIpc) is 2.70. The molecule has 1 N–H and O–H groups in total. The van der Waals surface area contributed by atoms with Gasteiger partial charge in [-0.3, -0.25) is 4.79 Å². The number of carbonyl (C=O) groups excluding carboxylic acids is 1. The quantitative estimate of drug-likeness (QED) is 0.640. The van der Waals surface area contributed by atoms with Crippen LogP contribution in [0.1, 0.15) is 59.6 Å². The molecule has 2 rings (SSSR count). The largest absolute Gasteiger partial charge is 0.456 e. The molecule has 0 saturated heterocycles. The van der Waals surface area contributed by atoms with E-state index in [-0.39, 0.29) is 17.2 Å². The summed E-state index contributed by atoms with van der Waals surface area (Å²) < 4.78 is 18.7. The van der Waals surface area contributed by atoms with Gasteiger partial charge in [-0.25, -0.2) is 4.39 Å². The van der Waals surface area contributed by atoms with Gasteiger partial charge in [-0.05, 0) is 48.9 Å². The Morgan fingerprint density at radius 3 is 2.11 bits per heavy atom. The summed E-state index contributed by atoms with van der Waals surface area (Å²) in [7, 11) is 0. The summed E-state index contributed by atoms with van der Waals surface area (Å²) >= 11 is 0. The number of benzene rings is 2. The first kappa shape index (κ1) is 26.4. The van der Waals surface area contributed by atoms with E-state index in [1.807, 2.05) is 54.5 Å². The fourth-order valence-corrected chi connectivity index (χ4v) is 1.84. The normalized spacial score (nSPS) is 8.30. The molecule has 5 heteroatoms. The summed E-state index contributed by atoms with van der Waals surface area (Å²) in [5.74, 6) is 0.142. The minimum atomic E-state index is -0.490. The summed E-state index contributed by atoms with van der Waals surface area (Å²) in [5.41, 5.74) is 1.64. The van der Waals surface area contributed by atoms with E-state index >= 15 is 0 Å². The van der Waals surface area contributed by atoms with Gasteiger partial charge in [0.2, 0.25) is 5.91 Å². The number of rotatable bonds is 3. The minimum Gasteiger partial charge on any atom is -0.456 e. The maximum atomic E-state index is 13.1. The molecular formula is C22H31FN2O2. The molecule has 148 valence electrons. The van der Waals surface area contributed by atoms with E-state index in [2.05, 4.69) is 5.32 Å². The van der Waals surface area contributed by atoms with Crippen LogP contribution in [0.5, 0.6) is 11.5 Å². The molecule has 0 radical (unpaired) electrons. The van der Waals surface area contributed by atoms with Gasteiger partial charge in [-0.15, -0.1) is 0 Å². The highest BCUT2D eigenvalue weighted by molar-refractivity contribution is 5.89. The number of amides is 1. The zero-order valence-corrected chi connectivity index (χ0v) is 17.6. The van der Waals surface area contributed by atoms with E-state index < -0.39 is 5.82 Å². The Labute approximate surface area is 163 Å². The van der Waals surface area contributed by atoms with Crippen molar-refractivity contribution in [2.24, 2.45) is 0 Å². The Morgan fingerprint density at radius 2 is 1.63 bits per heavy atom. The van der Waals surface area contributed by atoms with Crippen molar-refractivity contribution in [2.75, 3.05) is 5.32 Å². The van der Waals surface area contributed by atoms with Crippen LogP contribution in [0.25, 0.3) is 0 Å². The van der Waals surface area contributed by atoms with Crippen LogP contribution in [0.2, 0.25) is 0 Å².